The summed E-state index contributed by atoms with van der Waals surface area (Å²) in [6.07, 6.45) is 3.41. The monoisotopic (exact) mass is 271 g/mol. The van der Waals surface area contributed by atoms with Crippen LogP contribution in [0.15, 0.2) is 42.2 Å². The van der Waals surface area contributed by atoms with Gasteiger partial charge in [-0.25, -0.2) is 4.98 Å². The van der Waals surface area contributed by atoms with Gasteiger partial charge >= 0.3 is 0 Å². The highest BCUT2D eigenvalue weighted by Crippen LogP contribution is 2.15. The molecule has 0 spiro atoms. The number of amides is 1. The van der Waals surface area contributed by atoms with E-state index in [0.717, 1.165) is 10.4 Å². The summed E-state index contributed by atoms with van der Waals surface area (Å²) in [7, 11) is 0. The van der Waals surface area contributed by atoms with E-state index in [1.54, 1.807) is 16.9 Å². The molecule has 0 fully saturated rings. The average molecular weight is 271 g/mol. The van der Waals surface area contributed by atoms with Crippen LogP contribution >= 0.6 is 11.3 Å². The molecule has 4 nitrogen and oxygen atoms in total. The Kier molecular flexibility index (Phi) is 3.05. The summed E-state index contributed by atoms with van der Waals surface area (Å²) in [5.74, 6) is -0.0780. The van der Waals surface area contributed by atoms with Crippen molar-refractivity contribution < 1.29 is 4.79 Å². The zero-order valence-corrected chi connectivity index (χ0v) is 11.3. The minimum absolute atomic E-state index is 0.0780. The fraction of sp³-hybridized carbons (Fsp3) is 0.143. The SMILES string of the molecule is Cc1cccc(CNC(=O)c2csc3cncn23)c1. The third kappa shape index (κ3) is 2.37. The van der Waals surface area contributed by atoms with E-state index in [1.807, 2.05) is 30.5 Å². The van der Waals surface area contributed by atoms with E-state index in [9.17, 15) is 4.79 Å². The fourth-order valence-electron chi connectivity index (χ4n) is 1.98. The molecule has 19 heavy (non-hydrogen) atoms. The van der Waals surface area contributed by atoms with Gasteiger partial charge in [0.1, 0.15) is 16.9 Å². The molecule has 3 rings (SSSR count). The number of rotatable bonds is 3. The molecule has 1 aromatic carbocycles. The van der Waals surface area contributed by atoms with Gasteiger partial charge in [0.15, 0.2) is 0 Å². The van der Waals surface area contributed by atoms with Crippen molar-refractivity contribution in [2.45, 2.75) is 13.5 Å². The maximum atomic E-state index is 12.1. The Morgan fingerprint density at radius 3 is 3.21 bits per heavy atom. The van der Waals surface area contributed by atoms with Crippen molar-refractivity contribution in [2.75, 3.05) is 0 Å². The topological polar surface area (TPSA) is 46.4 Å². The molecule has 0 bridgehead atoms. The van der Waals surface area contributed by atoms with Crippen LogP contribution < -0.4 is 5.32 Å². The number of hydrogen-bond donors (Lipinski definition) is 1. The Labute approximate surface area is 114 Å². The van der Waals surface area contributed by atoms with Crippen molar-refractivity contribution in [3.05, 3.63) is 59.0 Å². The minimum atomic E-state index is -0.0780. The number of nitrogens with one attached hydrogen (secondary N) is 1. The molecule has 0 radical (unpaired) electrons. The van der Waals surface area contributed by atoms with E-state index >= 15 is 0 Å². The molecule has 96 valence electrons. The maximum absolute atomic E-state index is 12.1. The van der Waals surface area contributed by atoms with Crippen LogP contribution in [0.3, 0.4) is 0 Å². The Bertz CT molecular complexity index is 729. The first-order valence-electron chi connectivity index (χ1n) is 5.97. The zero-order chi connectivity index (χ0) is 13.2. The van der Waals surface area contributed by atoms with Gasteiger partial charge in [-0.3, -0.25) is 9.20 Å². The van der Waals surface area contributed by atoms with E-state index in [2.05, 4.69) is 16.4 Å². The number of nitrogens with zero attached hydrogens (tertiary/aromatic N) is 2. The number of carbonyl (C=O) groups excluding carboxylic acids is 1. The number of thiazole rings is 1. The van der Waals surface area contributed by atoms with Gasteiger partial charge in [-0.15, -0.1) is 11.3 Å². The van der Waals surface area contributed by atoms with Crippen molar-refractivity contribution in [3.8, 4) is 0 Å². The molecule has 2 aromatic heterocycles. The summed E-state index contributed by atoms with van der Waals surface area (Å²) >= 11 is 1.51. The predicted molar refractivity (Wildman–Crippen MR) is 75.4 cm³/mol. The van der Waals surface area contributed by atoms with Crippen LogP contribution in [0.5, 0.6) is 0 Å². The van der Waals surface area contributed by atoms with Crippen molar-refractivity contribution in [3.63, 3.8) is 0 Å². The molecule has 2 heterocycles. The molecule has 3 aromatic rings. The van der Waals surface area contributed by atoms with Gasteiger partial charge in [-0.2, -0.15) is 0 Å². The summed E-state index contributed by atoms with van der Waals surface area (Å²) in [4.78, 5) is 17.1. The van der Waals surface area contributed by atoms with Gasteiger partial charge in [0, 0.05) is 11.9 Å². The molecule has 0 aliphatic rings. The van der Waals surface area contributed by atoms with E-state index < -0.39 is 0 Å². The highest BCUT2D eigenvalue weighted by atomic mass is 32.1. The van der Waals surface area contributed by atoms with Crippen LogP contribution in [0, 0.1) is 6.92 Å². The molecule has 1 N–H and O–H groups in total. The normalized spacial score (nSPS) is 10.8. The first-order valence-corrected chi connectivity index (χ1v) is 6.85. The summed E-state index contributed by atoms with van der Waals surface area (Å²) in [6, 6.07) is 8.11. The van der Waals surface area contributed by atoms with Gasteiger partial charge in [-0.05, 0) is 12.5 Å². The molecule has 0 saturated heterocycles. The lowest BCUT2D eigenvalue weighted by atomic mass is 10.1. The molecule has 1 amide bonds. The molecule has 0 aliphatic heterocycles. The number of imidazole rings is 1. The number of aromatic nitrogens is 2. The predicted octanol–water partition coefficient (Wildman–Crippen LogP) is 2.63. The lowest BCUT2D eigenvalue weighted by Gasteiger charge is -2.05. The number of fused-ring (bicyclic) bond motifs is 1. The first kappa shape index (κ1) is 11.9. The highest BCUT2D eigenvalue weighted by molar-refractivity contribution is 7.15. The van der Waals surface area contributed by atoms with E-state index in [0.29, 0.717) is 12.2 Å². The Morgan fingerprint density at radius 2 is 2.37 bits per heavy atom. The van der Waals surface area contributed by atoms with E-state index in [1.165, 1.54) is 16.9 Å². The molecular weight excluding hydrogens is 258 g/mol. The van der Waals surface area contributed by atoms with E-state index in [-0.39, 0.29) is 5.91 Å². The van der Waals surface area contributed by atoms with Gasteiger partial charge < -0.3 is 5.32 Å². The lowest BCUT2D eigenvalue weighted by molar-refractivity contribution is 0.0945. The average Bonchev–Trinajstić information content (AvgIpc) is 2.98. The second-order valence-corrected chi connectivity index (χ2v) is 5.28. The second-order valence-electron chi connectivity index (χ2n) is 4.39. The van der Waals surface area contributed by atoms with Crippen molar-refractivity contribution >= 4 is 22.1 Å². The van der Waals surface area contributed by atoms with Crippen molar-refractivity contribution in [1.82, 2.24) is 14.7 Å². The number of benzene rings is 1. The largest absolute Gasteiger partial charge is 0.347 e. The summed E-state index contributed by atoms with van der Waals surface area (Å²) in [5.41, 5.74) is 2.93. The van der Waals surface area contributed by atoms with Crippen LogP contribution in [-0.2, 0) is 6.54 Å². The fourth-order valence-corrected chi connectivity index (χ4v) is 2.82. The van der Waals surface area contributed by atoms with Crippen LogP contribution in [-0.4, -0.2) is 15.3 Å². The lowest BCUT2D eigenvalue weighted by Crippen LogP contribution is -2.23. The van der Waals surface area contributed by atoms with Crippen LogP contribution in [0.25, 0.3) is 4.83 Å². The third-order valence-corrected chi connectivity index (χ3v) is 3.81. The number of hydrogen-bond acceptors (Lipinski definition) is 3. The third-order valence-electron chi connectivity index (χ3n) is 2.92. The summed E-state index contributed by atoms with van der Waals surface area (Å²) in [6.45, 7) is 2.58. The molecule has 0 aliphatic carbocycles. The first-order chi connectivity index (χ1) is 9.24. The van der Waals surface area contributed by atoms with Crippen LogP contribution in [0.2, 0.25) is 0 Å². The zero-order valence-electron chi connectivity index (χ0n) is 10.5. The Morgan fingerprint density at radius 1 is 1.47 bits per heavy atom. The van der Waals surface area contributed by atoms with E-state index in [4.69, 9.17) is 0 Å². The maximum Gasteiger partial charge on any atom is 0.269 e. The standard InChI is InChI=1S/C14H13N3OS/c1-10-3-2-4-11(5-10)6-16-14(18)12-8-19-13-7-15-9-17(12)13/h2-5,7-9H,6H2,1H3,(H,16,18). The van der Waals surface area contributed by atoms with Crippen molar-refractivity contribution in [2.24, 2.45) is 0 Å². The quantitative estimate of drug-likeness (QED) is 0.796. The second kappa shape index (κ2) is 4.85. The Balaban J connectivity index is 1.74. The molecule has 0 atom stereocenters. The van der Waals surface area contributed by atoms with Gasteiger partial charge in [0.2, 0.25) is 0 Å². The Hall–Kier alpha value is -2.14. The van der Waals surface area contributed by atoms with Crippen molar-refractivity contribution in [1.29, 1.82) is 0 Å². The summed E-state index contributed by atoms with van der Waals surface area (Å²) in [5, 5.41) is 4.78. The molecular formula is C14H13N3OS. The minimum Gasteiger partial charge on any atom is -0.347 e. The number of carbonyl (C=O) groups is 1. The summed E-state index contributed by atoms with van der Waals surface area (Å²) < 4.78 is 1.80. The molecule has 0 unspecified atom stereocenters. The number of aryl methyl sites for hydroxylation is 1. The van der Waals surface area contributed by atoms with Crippen LogP contribution in [0.1, 0.15) is 21.6 Å². The van der Waals surface area contributed by atoms with Gasteiger partial charge in [-0.1, -0.05) is 29.8 Å². The highest BCUT2D eigenvalue weighted by Gasteiger charge is 2.11. The van der Waals surface area contributed by atoms with Crippen LogP contribution in [0.4, 0.5) is 0 Å². The molecule has 5 heteroatoms. The molecule has 0 saturated carbocycles. The smallest absolute Gasteiger partial charge is 0.269 e. The van der Waals surface area contributed by atoms with Gasteiger partial charge in [0.05, 0.1) is 6.20 Å². The van der Waals surface area contributed by atoms with Gasteiger partial charge in [0.25, 0.3) is 5.91 Å².